The van der Waals surface area contributed by atoms with Crippen LogP contribution in [0.3, 0.4) is 0 Å². The summed E-state index contributed by atoms with van der Waals surface area (Å²) in [5.41, 5.74) is 8.93. The predicted octanol–water partition coefficient (Wildman–Crippen LogP) is 1.53. The number of anilines is 2. The van der Waals surface area contributed by atoms with Gasteiger partial charge < -0.3 is 15.2 Å². The summed E-state index contributed by atoms with van der Waals surface area (Å²) in [6.07, 6.45) is 2.81. The molecule has 2 N–H and O–H groups in total. The van der Waals surface area contributed by atoms with Gasteiger partial charge in [-0.25, -0.2) is 0 Å². The molecule has 0 saturated carbocycles. The standard InChI is InChI=1S/C12H18N2OS/c1-9-7-10(3-4-12(9)13)14-6-5-11(8-14)16(2)15/h3-4,7,11H,5-6,8,13H2,1-2H3. The molecule has 88 valence electrons. The van der Waals surface area contributed by atoms with E-state index in [4.69, 9.17) is 5.73 Å². The first-order valence-electron chi connectivity index (χ1n) is 5.51. The SMILES string of the molecule is Cc1cc(N2CCC([S+](C)[O-])C2)ccc1N. The van der Waals surface area contributed by atoms with Crippen molar-refractivity contribution in [2.75, 3.05) is 30.0 Å². The van der Waals surface area contributed by atoms with Gasteiger partial charge in [0.05, 0.1) is 12.8 Å². The molecule has 1 heterocycles. The lowest BCUT2D eigenvalue weighted by atomic mass is 10.2. The summed E-state index contributed by atoms with van der Waals surface area (Å²) in [4.78, 5) is 2.29. The molecule has 4 heteroatoms. The topological polar surface area (TPSA) is 52.3 Å². The van der Waals surface area contributed by atoms with E-state index in [1.165, 1.54) is 5.69 Å². The molecule has 3 nitrogen and oxygen atoms in total. The summed E-state index contributed by atoms with van der Waals surface area (Å²) in [6, 6.07) is 6.10. The van der Waals surface area contributed by atoms with Crippen molar-refractivity contribution in [3.05, 3.63) is 23.8 Å². The van der Waals surface area contributed by atoms with Crippen LogP contribution in [0.25, 0.3) is 0 Å². The van der Waals surface area contributed by atoms with E-state index >= 15 is 0 Å². The first-order valence-corrected chi connectivity index (χ1v) is 7.13. The summed E-state index contributed by atoms with van der Waals surface area (Å²) < 4.78 is 11.4. The average molecular weight is 238 g/mol. The van der Waals surface area contributed by atoms with E-state index in [1.54, 1.807) is 6.26 Å². The molecule has 2 rings (SSSR count). The Morgan fingerprint density at radius 3 is 2.81 bits per heavy atom. The normalized spacial score (nSPS) is 22.4. The van der Waals surface area contributed by atoms with Crippen molar-refractivity contribution in [3.8, 4) is 0 Å². The summed E-state index contributed by atoms with van der Waals surface area (Å²) in [7, 11) is 0. The highest BCUT2D eigenvalue weighted by molar-refractivity contribution is 7.91. The lowest BCUT2D eigenvalue weighted by Gasteiger charge is -2.19. The van der Waals surface area contributed by atoms with Gasteiger partial charge in [0.15, 0.2) is 0 Å². The van der Waals surface area contributed by atoms with Gasteiger partial charge in [-0.3, -0.25) is 0 Å². The van der Waals surface area contributed by atoms with Crippen molar-refractivity contribution in [3.63, 3.8) is 0 Å². The van der Waals surface area contributed by atoms with Crippen LogP contribution < -0.4 is 10.6 Å². The van der Waals surface area contributed by atoms with E-state index in [1.807, 2.05) is 19.1 Å². The highest BCUT2D eigenvalue weighted by atomic mass is 32.2. The highest BCUT2D eigenvalue weighted by Gasteiger charge is 2.29. The van der Waals surface area contributed by atoms with Gasteiger partial charge >= 0.3 is 0 Å². The minimum absolute atomic E-state index is 0.317. The van der Waals surface area contributed by atoms with Crippen molar-refractivity contribution in [1.29, 1.82) is 0 Å². The van der Waals surface area contributed by atoms with E-state index in [9.17, 15) is 4.55 Å². The van der Waals surface area contributed by atoms with Gasteiger partial charge in [0.1, 0.15) is 5.25 Å². The van der Waals surface area contributed by atoms with Crippen molar-refractivity contribution >= 4 is 22.6 Å². The van der Waals surface area contributed by atoms with Crippen molar-refractivity contribution in [1.82, 2.24) is 0 Å². The number of rotatable bonds is 2. The van der Waals surface area contributed by atoms with Gasteiger partial charge in [-0.15, -0.1) is 0 Å². The lowest BCUT2D eigenvalue weighted by molar-refractivity contribution is 0.588. The minimum atomic E-state index is -0.711. The Kier molecular flexibility index (Phi) is 3.30. The Bertz CT molecular complexity index is 381. The molecule has 2 atom stereocenters. The molecule has 0 bridgehead atoms. The fourth-order valence-electron chi connectivity index (χ4n) is 2.09. The summed E-state index contributed by atoms with van der Waals surface area (Å²) in [6.45, 7) is 3.91. The van der Waals surface area contributed by atoms with Crippen LogP contribution in [0.5, 0.6) is 0 Å². The van der Waals surface area contributed by atoms with Crippen LogP contribution in [-0.4, -0.2) is 29.1 Å². The second kappa shape index (κ2) is 4.55. The van der Waals surface area contributed by atoms with Crippen LogP contribution in [0.2, 0.25) is 0 Å². The third-order valence-corrected chi connectivity index (χ3v) is 4.56. The van der Waals surface area contributed by atoms with Crippen molar-refractivity contribution in [2.45, 2.75) is 18.6 Å². The maximum absolute atomic E-state index is 11.4. The molecule has 0 amide bonds. The smallest absolute Gasteiger partial charge is 0.134 e. The molecule has 2 unspecified atom stereocenters. The second-order valence-corrected chi connectivity index (χ2v) is 6.06. The molecule has 1 aromatic rings. The minimum Gasteiger partial charge on any atom is -0.616 e. The number of hydrogen-bond donors (Lipinski definition) is 1. The van der Waals surface area contributed by atoms with E-state index < -0.39 is 11.2 Å². The Balaban J connectivity index is 2.11. The van der Waals surface area contributed by atoms with E-state index in [-0.39, 0.29) is 0 Å². The third kappa shape index (κ3) is 2.28. The Morgan fingerprint density at radius 1 is 1.50 bits per heavy atom. The molecule has 1 aliphatic rings. The zero-order chi connectivity index (χ0) is 11.7. The molecule has 0 spiro atoms. The predicted molar refractivity (Wildman–Crippen MR) is 70.3 cm³/mol. The molecule has 0 aliphatic carbocycles. The average Bonchev–Trinajstić information content (AvgIpc) is 2.71. The second-order valence-electron chi connectivity index (χ2n) is 4.40. The van der Waals surface area contributed by atoms with Crippen LogP contribution in [0.15, 0.2) is 18.2 Å². The molecule has 1 aromatic carbocycles. The Morgan fingerprint density at radius 2 is 2.25 bits per heavy atom. The van der Waals surface area contributed by atoms with Gasteiger partial charge in [-0.05, 0) is 30.7 Å². The largest absolute Gasteiger partial charge is 0.616 e. The number of nitrogens with zero attached hydrogens (tertiary/aromatic N) is 1. The van der Waals surface area contributed by atoms with Gasteiger partial charge in [-0.1, -0.05) is 11.2 Å². The van der Waals surface area contributed by atoms with E-state index in [0.717, 1.165) is 30.8 Å². The van der Waals surface area contributed by atoms with Crippen LogP contribution in [0, 0.1) is 6.92 Å². The number of hydrogen-bond acceptors (Lipinski definition) is 3. The Hall–Kier alpha value is -0.870. The maximum Gasteiger partial charge on any atom is 0.134 e. The molecular weight excluding hydrogens is 220 g/mol. The summed E-state index contributed by atoms with van der Waals surface area (Å²) in [5.74, 6) is 0. The molecule has 1 aliphatic heterocycles. The number of aryl methyl sites for hydroxylation is 1. The fourth-order valence-corrected chi connectivity index (χ4v) is 2.92. The van der Waals surface area contributed by atoms with Crippen molar-refractivity contribution < 1.29 is 4.55 Å². The van der Waals surface area contributed by atoms with Crippen LogP contribution in [0.4, 0.5) is 11.4 Å². The first kappa shape index (κ1) is 11.6. The van der Waals surface area contributed by atoms with Gasteiger partial charge in [0.25, 0.3) is 0 Å². The Labute approximate surface area is 99.8 Å². The van der Waals surface area contributed by atoms with Crippen LogP contribution in [0.1, 0.15) is 12.0 Å². The summed E-state index contributed by atoms with van der Waals surface area (Å²) in [5, 5.41) is 0.317. The maximum atomic E-state index is 11.4. The quantitative estimate of drug-likeness (QED) is 0.628. The fraction of sp³-hybridized carbons (Fsp3) is 0.500. The zero-order valence-electron chi connectivity index (χ0n) is 9.77. The summed E-state index contributed by atoms with van der Waals surface area (Å²) >= 11 is -0.711. The lowest BCUT2D eigenvalue weighted by Crippen LogP contribution is -2.26. The first-order chi connectivity index (χ1) is 7.58. The molecule has 0 aromatic heterocycles. The zero-order valence-corrected chi connectivity index (χ0v) is 10.6. The van der Waals surface area contributed by atoms with E-state index in [0.29, 0.717) is 5.25 Å². The van der Waals surface area contributed by atoms with Gasteiger partial charge in [-0.2, -0.15) is 0 Å². The monoisotopic (exact) mass is 238 g/mol. The number of nitrogens with two attached hydrogens (primary N) is 1. The number of benzene rings is 1. The van der Waals surface area contributed by atoms with Gasteiger partial charge in [0.2, 0.25) is 0 Å². The van der Waals surface area contributed by atoms with Gasteiger partial charge in [0, 0.05) is 24.3 Å². The number of nitrogen functional groups attached to an aromatic ring is 1. The van der Waals surface area contributed by atoms with Crippen LogP contribution >= 0.6 is 0 Å². The molecular formula is C12H18N2OS. The van der Waals surface area contributed by atoms with E-state index in [2.05, 4.69) is 11.0 Å². The van der Waals surface area contributed by atoms with Crippen LogP contribution in [-0.2, 0) is 11.2 Å². The molecule has 1 fully saturated rings. The molecule has 0 radical (unpaired) electrons. The highest BCUT2D eigenvalue weighted by Crippen LogP contribution is 2.26. The van der Waals surface area contributed by atoms with Crippen molar-refractivity contribution in [2.24, 2.45) is 0 Å². The molecule has 1 saturated heterocycles. The molecule has 16 heavy (non-hydrogen) atoms. The third-order valence-electron chi connectivity index (χ3n) is 3.23.